The van der Waals surface area contributed by atoms with Crippen molar-refractivity contribution in [3.63, 3.8) is 0 Å². The number of ether oxygens (including phenoxy) is 1. The summed E-state index contributed by atoms with van der Waals surface area (Å²) in [5.74, 6) is 0.218. The van der Waals surface area contributed by atoms with Gasteiger partial charge in [-0.1, -0.05) is 54.2 Å². The number of aromatic nitrogens is 1. The molecule has 6 nitrogen and oxygen atoms in total. The van der Waals surface area contributed by atoms with Crippen molar-refractivity contribution in [2.75, 3.05) is 11.9 Å². The lowest BCUT2D eigenvalue weighted by atomic mass is 10.2. The van der Waals surface area contributed by atoms with Crippen molar-refractivity contribution in [2.45, 2.75) is 26.6 Å². The van der Waals surface area contributed by atoms with Gasteiger partial charge in [0.15, 0.2) is 6.61 Å². The molecule has 3 aromatic carbocycles. The number of hydrogen-bond donors (Lipinski definition) is 1. The molecule has 0 bridgehead atoms. The minimum Gasteiger partial charge on any atom is -0.483 e. The van der Waals surface area contributed by atoms with Crippen LogP contribution in [0.15, 0.2) is 117 Å². The highest BCUT2D eigenvalue weighted by Crippen LogP contribution is 2.33. The fourth-order valence-corrected chi connectivity index (χ4v) is 5.48. The molecule has 1 N–H and O–H groups in total. The fourth-order valence-electron chi connectivity index (χ4n) is 3.18. The van der Waals surface area contributed by atoms with E-state index >= 15 is 0 Å². The largest absolute Gasteiger partial charge is 0.483 e. The number of pyridine rings is 1. The number of para-hydroxylation sites is 1. The number of benzene rings is 3. The predicted molar refractivity (Wildman–Crippen MR) is 132 cm³/mol. The number of rotatable bonds is 8. The molecule has 4 rings (SSSR count). The SMILES string of the molecule is Cc1ccccc1OCC(=O)Nc1cc(Sc2ccccn2)cc(S(=O)(=O)c2ccccc2)c1. The second-order valence-corrected chi connectivity index (χ2v) is 10.4. The van der Waals surface area contributed by atoms with Gasteiger partial charge in [0.25, 0.3) is 5.91 Å². The summed E-state index contributed by atoms with van der Waals surface area (Å²) in [5.41, 5.74) is 1.27. The molecule has 0 unspecified atom stereocenters. The van der Waals surface area contributed by atoms with Gasteiger partial charge in [-0.3, -0.25) is 4.79 Å². The summed E-state index contributed by atoms with van der Waals surface area (Å²) in [6, 6.07) is 25.8. The lowest BCUT2D eigenvalue weighted by Gasteiger charge is -2.13. The molecule has 1 heterocycles. The molecular formula is C26H22N2O4S2. The van der Waals surface area contributed by atoms with Crippen LogP contribution in [0.2, 0.25) is 0 Å². The summed E-state index contributed by atoms with van der Waals surface area (Å²) in [5, 5.41) is 3.47. The van der Waals surface area contributed by atoms with Crippen LogP contribution in [0, 0.1) is 6.92 Å². The number of aryl methyl sites for hydroxylation is 1. The first-order valence-electron chi connectivity index (χ1n) is 10.4. The van der Waals surface area contributed by atoms with Gasteiger partial charge < -0.3 is 10.1 Å². The third kappa shape index (κ3) is 5.84. The average Bonchev–Trinajstić information content (AvgIpc) is 2.84. The lowest BCUT2D eigenvalue weighted by molar-refractivity contribution is -0.118. The minimum atomic E-state index is -3.79. The van der Waals surface area contributed by atoms with Crippen LogP contribution >= 0.6 is 11.8 Å². The van der Waals surface area contributed by atoms with Crippen molar-refractivity contribution < 1.29 is 17.9 Å². The Morgan fingerprint density at radius 2 is 1.65 bits per heavy atom. The summed E-state index contributed by atoms with van der Waals surface area (Å²) in [4.78, 5) is 17.8. The Bertz CT molecular complexity index is 1390. The van der Waals surface area contributed by atoms with Crippen molar-refractivity contribution in [1.29, 1.82) is 0 Å². The van der Waals surface area contributed by atoms with Crippen molar-refractivity contribution >= 4 is 33.2 Å². The van der Waals surface area contributed by atoms with Crippen molar-refractivity contribution in [1.82, 2.24) is 4.98 Å². The zero-order chi connectivity index (χ0) is 24.0. The molecular weight excluding hydrogens is 468 g/mol. The first kappa shape index (κ1) is 23.5. The molecule has 0 saturated heterocycles. The zero-order valence-electron chi connectivity index (χ0n) is 18.3. The van der Waals surface area contributed by atoms with E-state index in [9.17, 15) is 13.2 Å². The predicted octanol–water partition coefficient (Wildman–Crippen LogP) is 5.39. The van der Waals surface area contributed by atoms with E-state index in [0.29, 0.717) is 21.4 Å². The van der Waals surface area contributed by atoms with E-state index in [1.807, 2.05) is 37.3 Å². The molecule has 8 heteroatoms. The van der Waals surface area contributed by atoms with E-state index in [2.05, 4.69) is 10.3 Å². The molecule has 0 radical (unpaired) electrons. The second-order valence-electron chi connectivity index (χ2n) is 7.38. The Labute approximate surface area is 202 Å². The summed E-state index contributed by atoms with van der Waals surface area (Å²) < 4.78 is 32.1. The van der Waals surface area contributed by atoms with Gasteiger partial charge >= 0.3 is 0 Å². The van der Waals surface area contributed by atoms with E-state index in [-0.39, 0.29) is 16.4 Å². The molecule has 0 spiro atoms. The maximum Gasteiger partial charge on any atom is 0.262 e. The fraction of sp³-hybridized carbons (Fsp3) is 0.0769. The Hall–Kier alpha value is -3.62. The van der Waals surface area contributed by atoms with Crippen LogP contribution in [0.4, 0.5) is 5.69 Å². The molecule has 0 saturated carbocycles. The van der Waals surface area contributed by atoms with E-state index in [1.165, 1.54) is 17.8 Å². The number of carbonyl (C=O) groups excluding carboxylic acids is 1. The van der Waals surface area contributed by atoms with Gasteiger partial charge in [0.05, 0.1) is 9.79 Å². The number of sulfone groups is 1. The zero-order valence-corrected chi connectivity index (χ0v) is 20.0. The van der Waals surface area contributed by atoms with E-state index < -0.39 is 15.7 Å². The maximum absolute atomic E-state index is 13.3. The first-order valence-corrected chi connectivity index (χ1v) is 12.7. The van der Waals surface area contributed by atoms with Gasteiger partial charge in [-0.15, -0.1) is 0 Å². The van der Waals surface area contributed by atoms with Crippen LogP contribution in [0.5, 0.6) is 5.75 Å². The van der Waals surface area contributed by atoms with Gasteiger partial charge in [-0.25, -0.2) is 13.4 Å². The molecule has 1 aromatic heterocycles. The highest BCUT2D eigenvalue weighted by Gasteiger charge is 2.20. The third-order valence-corrected chi connectivity index (χ3v) is 7.51. The number of hydrogen-bond acceptors (Lipinski definition) is 6. The minimum absolute atomic E-state index is 0.0785. The van der Waals surface area contributed by atoms with Crippen LogP contribution in [0.1, 0.15) is 5.56 Å². The molecule has 4 aromatic rings. The molecule has 34 heavy (non-hydrogen) atoms. The van der Waals surface area contributed by atoms with E-state index in [0.717, 1.165) is 5.56 Å². The van der Waals surface area contributed by atoms with Gasteiger partial charge in [-0.05, 0) is 61.0 Å². The highest BCUT2D eigenvalue weighted by molar-refractivity contribution is 7.99. The third-order valence-electron chi connectivity index (χ3n) is 4.84. The maximum atomic E-state index is 13.3. The highest BCUT2D eigenvalue weighted by atomic mass is 32.2. The monoisotopic (exact) mass is 490 g/mol. The second kappa shape index (κ2) is 10.5. The van der Waals surface area contributed by atoms with Gasteiger partial charge in [0.1, 0.15) is 10.8 Å². The lowest BCUT2D eigenvalue weighted by Crippen LogP contribution is -2.20. The van der Waals surface area contributed by atoms with Crippen LogP contribution < -0.4 is 10.1 Å². The summed E-state index contributed by atoms with van der Waals surface area (Å²) >= 11 is 1.31. The van der Waals surface area contributed by atoms with Crippen LogP contribution in [-0.2, 0) is 14.6 Å². The van der Waals surface area contributed by atoms with Crippen molar-refractivity contribution in [2.24, 2.45) is 0 Å². The van der Waals surface area contributed by atoms with Crippen LogP contribution in [0.25, 0.3) is 0 Å². The number of carbonyl (C=O) groups is 1. The van der Waals surface area contributed by atoms with Crippen molar-refractivity contribution in [3.8, 4) is 5.75 Å². The quantitative estimate of drug-likeness (QED) is 0.356. The Balaban J connectivity index is 1.61. The molecule has 172 valence electrons. The van der Waals surface area contributed by atoms with Crippen LogP contribution in [-0.4, -0.2) is 25.9 Å². The number of nitrogens with one attached hydrogen (secondary N) is 1. The number of anilines is 1. The average molecular weight is 491 g/mol. The topological polar surface area (TPSA) is 85.4 Å². The van der Waals surface area contributed by atoms with Gasteiger partial charge in [-0.2, -0.15) is 0 Å². The van der Waals surface area contributed by atoms with Gasteiger partial charge in [0.2, 0.25) is 9.84 Å². The van der Waals surface area contributed by atoms with Crippen molar-refractivity contribution in [3.05, 3.63) is 103 Å². The standard InChI is InChI=1S/C26H22N2O4S2/c1-19-9-5-6-12-24(19)32-18-25(29)28-20-15-21(33-26-13-7-8-14-27-26)17-23(16-20)34(30,31)22-10-3-2-4-11-22/h2-17H,18H2,1H3,(H,28,29). The van der Waals surface area contributed by atoms with E-state index in [1.54, 1.807) is 60.8 Å². The van der Waals surface area contributed by atoms with E-state index in [4.69, 9.17) is 4.74 Å². The van der Waals surface area contributed by atoms with Crippen LogP contribution in [0.3, 0.4) is 0 Å². The Morgan fingerprint density at radius 3 is 2.38 bits per heavy atom. The molecule has 0 aliphatic rings. The smallest absolute Gasteiger partial charge is 0.262 e. The Kier molecular flexibility index (Phi) is 7.30. The summed E-state index contributed by atoms with van der Waals surface area (Å²) in [6.45, 7) is 1.69. The molecule has 1 amide bonds. The number of amides is 1. The van der Waals surface area contributed by atoms with Gasteiger partial charge in [0, 0.05) is 16.8 Å². The Morgan fingerprint density at radius 1 is 0.912 bits per heavy atom. The molecule has 0 aliphatic heterocycles. The molecule has 0 fully saturated rings. The first-order chi connectivity index (χ1) is 16.4. The number of nitrogens with zero attached hydrogens (tertiary/aromatic N) is 1. The molecule has 0 atom stereocenters. The summed E-state index contributed by atoms with van der Waals surface area (Å²) in [6.07, 6.45) is 1.67. The molecule has 0 aliphatic carbocycles. The normalized spacial score (nSPS) is 11.1. The summed E-state index contributed by atoms with van der Waals surface area (Å²) in [7, 11) is -3.79.